The summed E-state index contributed by atoms with van der Waals surface area (Å²) in [6.07, 6.45) is 3.89. The molecular formula is C11H14ClNO. The van der Waals surface area contributed by atoms with E-state index >= 15 is 0 Å². The van der Waals surface area contributed by atoms with Crippen LogP contribution in [0.3, 0.4) is 0 Å². The fourth-order valence-corrected chi connectivity index (χ4v) is 1.52. The first-order valence-electron chi connectivity index (χ1n) is 4.93. The summed E-state index contributed by atoms with van der Waals surface area (Å²) in [4.78, 5) is 0. The number of halogens is 1. The van der Waals surface area contributed by atoms with Gasteiger partial charge in [0.25, 0.3) is 0 Å². The third-order valence-electron chi connectivity index (χ3n) is 2.46. The van der Waals surface area contributed by atoms with Crippen molar-refractivity contribution in [3.05, 3.63) is 23.2 Å². The molecule has 76 valence electrons. The molecule has 14 heavy (non-hydrogen) atoms. The third-order valence-corrected chi connectivity index (χ3v) is 2.79. The van der Waals surface area contributed by atoms with E-state index in [0.29, 0.717) is 10.7 Å². The maximum atomic E-state index is 5.86. The molecule has 0 unspecified atom stereocenters. The van der Waals surface area contributed by atoms with Crippen molar-refractivity contribution in [2.45, 2.75) is 19.3 Å². The molecule has 0 aromatic heterocycles. The van der Waals surface area contributed by atoms with Gasteiger partial charge in [-0.25, -0.2) is 0 Å². The van der Waals surface area contributed by atoms with Gasteiger partial charge in [-0.1, -0.05) is 24.4 Å². The van der Waals surface area contributed by atoms with Crippen molar-refractivity contribution in [2.24, 2.45) is 5.92 Å². The number of nitrogen functional groups attached to an aromatic ring is 1. The van der Waals surface area contributed by atoms with Crippen LogP contribution >= 0.6 is 11.6 Å². The summed E-state index contributed by atoms with van der Waals surface area (Å²) in [5, 5.41) is 0.564. The van der Waals surface area contributed by atoms with Crippen molar-refractivity contribution in [3.63, 3.8) is 0 Å². The van der Waals surface area contributed by atoms with Crippen molar-refractivity contribution in [1.29, 1.82) is 0 Å². The molecule has 1 fully saturated rings. The number of hydrogen-bond donors (Lipinski definition) is 1. The van der Waals surface area contributed by atoms with Gasteiger partial charge in [0.15, 0.2) is 0 Å². The Hall–Kier alpha value is -0.890. The van der Waals surface area contributed by atoms with E-state index in [0.717, 1.165) is 24.7 Å². The molecule has 0 bridgehead atoms. The van der Waals surface area contributed by atoms with Gasteiger partial charge in [0, 0.05) is 6.07 Å². The molecule has 2 N–H and O–H groups in total. The molecule has 1 aromatic carbocycles. The number of hydrogen-bond acceptors (Lipinski definition) is 2. The Morgan fingerprint density at radius 1 is 1.43 bits per heavy atom. The van der Waals surface area contributed by atoms with E-state index < -0.39 is 0 Å². The van der Waals surface area contributed by atoms with E-state index in [1.807, 2.05) is 6.07 Å². The van der Waals surface area contributed by atoms with E-state index in [-0.39, 0.29) is 0 Å². The number of rotatable bonds is 4. The largest absolute Gasteiger partial charge is 0.494 e. The Labute approximate surface area is 89.0 Å². The molecule has 0 atom stereocenters. The van der Waals surface area contributed by atoms with Gasteiger partial charge in [-0.2, -0.15) is 0 Å². The van der Waals surface area contributed by atoms with Crippen LogP contribution in [0.25, 0.3) is 0 Å². The molecule has 0 radical (unpaired) electrons. The molecular weight excluding hydrogens is 198 g/mol. The first-order chi connectivity index (χ1) is 6.75. The second kappa shape index (κ2) is 4.09. The second-order valence-corrected chi connectivity index (χ2v) is 4.17. The van der Waals surface area contributed by atoms with Crippen molar-refractivity contribution in [2.75, 3.05) is 12.3 Å². The quantitative estimate of drug-likeness (QED) is 0.777. The van der Waals surface area contributed by atoms with Gasteiger partial charge in [0.05, 0.1) is 17.3 Å². The predicted octanol–water partition coefficient (Wildman–Crippen LogP) is 3.10. The lowest BCUT2D eigenvalue weighted by Gasteiger charge is -2.06. The van der Waals surface area contributed by atoms with Crippen LogP contribution in [-0.4, -0.2) is 6.61 Å². The van der Waals surface area contributed by atoms with Crippen LogP contribution in [0.5, 0.6) is 5.75 Å². The average Bonchev–Trinajstić information content (AvgIpc) is 2.95. The van der Waals surface area contributed by atoms with Crippen molar-refractivity contribution in [1.82, 2.24) is 0 Å². The zero-order valence-corrected chi connectivity index (χ0v) is 8.76. The van der Waals surface area contributed by atoms with E-state index in [2.05, 4.69) is 0 Å². The van der Waals surface area contributed by atoms with Crippen molar-refractivity contribution in [3.8, 4) is 5.75 Å². The molecule has 1 aliphatic rings. The highest BCUT2D eigenvalue weighted by Gasteiger charge is 2.20. The first kappa shape index (κ1) is 9.66. The summed E-state index contributed by atoms with van der Waals surface area (Å²) in [7, 11) is 0. The highest BCUT2D eigenvalue weighted by molar-refractivity contribution is 6.33. The summed E-state index contributed by atoms with van der Waals surface area (Å²) in [5.41, 5.74) is 6.19. The standard InChI is InChI=1S/C11H14ClNO/c12-10-7-9(3-4-11(10)13)14-6-5-8-1-2-8/h3-4,7-8H,1-2,5-6,13H2. The number of nitrogens with two attached hydrogens (primary N) is 1. The molecule has 2 nitrogen and oxygen atoms in total. The smallest absolute Gasteiger partial charge is 0.120 e. The van der Waals surface area contributed by atoms with E-state index in [1.54, 1.807) is 12.1 Å². The minimum absolute atomic E-state index is 0.564. The Balaban J connectivity index is 1.85. The van der Waals surface area contributed by atoms with Gasteiger partial charge in [-0.15, -0.1) is 0 Å². The van der Waals surface area contributed by atoms with Gasteiger partial charge in [0.1, 0.15) is 5.75 Å². The van der Waals surface area contributed by atoms with Gasteiger partial charge < -0.3 is 10.5 Å². The normalized spacial score (nSPS) is 15.5. The Kier molecular flexibility index (Phi) is 2.82. The van der Waals surface area contributed by atoms with Crippen LogP contribution in [0.4, 0.5) is 5.69 Å². The molecule has 0 saturated heterocycles. The molecule has 0 aliphatic heterocycles. The van der Waals surface area contributed by atoms with Crippen molar-refractivity contribution < 1.29 is 4.74 Å². The maximum absolute atomic E-state index is 5.86. The van der Waals surface area contributed by atoms with Crippen molar-refractivity contribution >= 4 is 17.3 Å². The van der Waals surface area contributed by atoms with Crippen LogP contribution in [0.15, 0.2) is 18.2 Å². The molecule has 1 aromatic rings. The van der Waals surface area contributed by atoms with Gasteiger partial charge in [-0.3, -0.25) is 0 Å². The summed E-state index contributed by atoms with van der Waals surface area (Å²) < 4.78 is 5.55. The molecule has 2 rings (SSSR count). The van der Waals surface area contributed by atoms with Crippen LogP contribution in [0.2, 0.25) is 5.02 Å². The number of ether oxygens (including phenoxy) is 1. The zero-order chi connectivity index (χ0) is 9.97. The highest BCUT2D eigenvalue weighted by Crippen LogP contribution is 2.32. The Morgan fingerprint density at radius 2 is 2.21 bits per heavy atom. The number of benzene rings is 1. The predicted molar refractivity (Wildman–Crippen MR) is 58.7 cm³/mol. The first-order valence-corrected chi connectivity index (χ1v) is 5.31. The monoisotopic (exact) mass is 211 g/mol. The van der Waals surface area contributed by atoms with Gasteiger partial charge in [0.2, 0.25) is 0 Å². The second-order valence-electron chi connectivity index (χ2n) is 3.76. The fourth-order valence-electron chi connectivity index (χ4n) is 1.35. The molecule has 0 amide bonds. The van der Waals surface area contributed by atoms with Crippen LogP contribution < -0.4 is 10.5 Å². The molecule has 0 spiro atoms. The molecule has 1 aliphatic carbocycles. The average molecular weight is 212 g/mol. The molecule has 1 saturated carbocycles. The zero-order valence-electron chi connectivity index (χ0n) is 8.00. The number of anilines is 1. The van der Waals surface area contributed by atoms with E-state index in [1.165, 1.54) is 12.8 Å². The van der Waals surface area contributed by atoms with Gasteiger partial charge >= 0.3 is 0 Å². The van der Waals surface area contributed by atoms with Crippen LogP contribution in [0.1, 0.15) is 19.3 Å². The lowest BCUT2D eigenvalue weighted by molar-refractivity contribution is 0.302. The topological polar surface area (TPSA) is 35.2 Å². The highest BCUT2D eigenvalue weighted by atomic mass is 35.5. The molecule has 0 heterocycles. The molecule has 3 heteroatoms. The maximum Gasteiger partial charge on any atom is 0.120 e. The minimum Gasteiger partial charge on any atom is -0.494 e. The van der Waals surface area contributed by atoms with E-state index in [9.17, 15) is 0 Å². The fraction of sp³-hybridized carbons (Fsp3) is 0.455. The van der Waals surface area contributed by atoms with E-state index in [4.69, 9.17) is 22.1 Å². The third kappa shape index (κ3) is 2.55. The summed E-state index contributed by atoms with van der Waals surface area (Å²) in [5.74, 6) is 1.71. The van der Waals surface area contributed by atoms with Crippen LogP contribution in [0, 0.1) is 5.92 Å². The Bertz CT molecular complexity index is 323. The summed E-state index contributed by atoms with van der Waals surface area (Å²) in [6.45, 7) is 0.783. The SMILES string of the molecule is Nc1ccc(OCCC2CC2)cc1Cl. The Morgan fingerprint density at radius 3 is 2.86 bits per heavy atom. The summed E-state index contributed by atoms with van der Waals surface area (Å²) >= 11 is 5.86. The lowest BCUT2D eigenvalue weighted by atomic mass is 10.3. The lowest BCUT2D eigenvalue weighted by Crippen LogP contribution is -1.98. The van der Waals surface area contributed by atoms with Crippen LogP contribution in [-0.2, 0) is 0 Å². The van der Waals surface area contributed by atoms with Gasteiger partial charge in [-0.05, 0) is 24.5 Å². The summed E-state index contributed by atoms with van der Waals surface area (Å²) in [6, 6.07) is 5.40. The minimum atomic E-state index is 0.564.